The Morgan fingerprint density at radius 1 is 1.05 bits per heavy atom. The van der Waals surface area contributed by atoms with Gasteiger partial charge in [0.25, 0.3) is 0 Å². The molecule has 96 valence electrons. The molecule has 0 bridgehead atoms. The largest absolute Gasteiger partial charge is 0.345 e. The SMILES string of the molecule is N#Cc1cc(Cl)ccc1-c1ccc(-c2cnc[nH]2)cc1. The second-order valence-corrected chi connectivity index (χ2v) is 4.78. The predicted octanol–water partition coefficient (Wildman–Crippen LogP) is 4.27. The van der Waals surface area contributed by atoms with Crippen molar-refractivity contribution in [2.75, 3.05) is 0 Å². The van der Waals surface area contributed by atoms with Crippen LogP contribution in [0.1, 0.15) is 5.56 Å². The molecule has 20 heavy (non-hydrogen) atoms. The van der Waals surface area contributed by atoms with E-state index < -0.39 is 0 Å². The lowest BCUT2D eigenvalue weighted by Crippen LogP contribution is -1.85. The van der Waals surface area contributed by atoms with Crippen LogP contribution >= 0.6 is 11.6 Å². The van der Waals surface area contributed by atoms with Gasteiger partial charge in [0.1, 0.15) is 0 Å². The fraction of sp³-hybridized carbons (Fsp3) is 0. The molecule has 0 aliphatic rings. The molecule has 1 aromatic heterocycles. The van der Waals surface area contributed by atoms with Crippen molar-refractivity contribution in [2.24, 2.45) is 0 Å². The molecule has 0 fully saturated rings. The van der Waals surface area contributed by atoms with Crippen LogP contribution in [0.4, 0.5) is 0 Å². The van der Waals surface area contributed by atoms with Crippen LogP contribution in [-0.2, 0) is 0 Å². The van der Waals surface area contributed by atoms with E-state index in [1.54, 1.807) is 24.7 Å². The number of halogens is 1. The third kappa shape index (κ3) is 2.29. The summed E-state index contributed by atoms with van der Waals surface area (Å²) in [5.41, 5.74) is 4.47. The van der Waals surface area contributed by atoms with Gasteiger partial charge < -0.3 is 4.98 Å². The smallest absolute Gasteiger partial charge is 0.0998 e. The Balaban J connectivity index is 2.02. The first-order chi connectivity index (χ1) is 9.78. The zero-order valence-corrected chi connectivity index (χ0v) is 11.2. The number of aromatic amines is 1. The van der Waals surface area contributed by atoms with E-state index in [4.69, 9.17) is 11.6 Å². The van der Waals surface area contributed by atoms with E-state index in [2.05, 4.69) is 16.0 Å². The summed E-state index contributed by atoms with van der Waals surface area (Å²) >= 11 is 5.91. The van der Waals surface area contributed by atoms with Crippen molar-refractivity contribution >= 4 is 11.6 Å². The highest BCUT2D eigenvalue weighted by atomic mass is 35.5. The van der Waals surface area contributed by atoms with Crippen molar-refractivity contribution in [3.05, 3.63) is 65.6 Å². The normalized spacial score (nSPS) is 10.2. The van der Waals surface area contributed by atoms with Crippen molar-refractivity contribution < 1.29 is 0 Å². The van der Waals surface area contributed by atoms with Crippen LogP contribution in [0.3, 0.4) is 0 Å². The van der Waals surface area contributed by atoms with Crippen LogP contribution in [0.2, 0.25) is 5.02 Å². The minimum Gasteiger partial charge on any atom is -0.345 e. The monoisotopic (exact) mass is 279 g/mol. The Kier molecular flexibility index (Phi) is 3.24. The van der Waals surface area contributed by atoms with Gasteiger partial charge in [0, 0.05) is 5.02 Å². The number of aromatic nitrogens is 2. The van der Waals surface area contributed by atoms with Crippen molar-refractivity contribution in [3.63, 3.8) is 0 Å². The highest BCUT2D eigenvalue weighted by molar-refractivity contribution is 6.30. The number of H-pyrrole nitrogens is 1. The maximum atomic E-state index is 9.19. The van der Waals surface area contributed by atoms with Crippen molar-refractivity contribution in [2.45, 2.75) is 0 Å². The molecule has 4 heteroatoms. The molecule has 3 nitrogen and oxygen atoms in total. The number of rotatable bonds is 2. The molecule has 0 aliphatic carbocycles. The predicted molar refractivity (Wildman–Crippen MR) is 79.2 cm³/mol. The fourth-order valence-corrected chi connectivity index (χ4v) is 2.28. The molecular weight excluding hydrogens is 270 g/mol. The standard InChI is InChI=1S/C16H10ClN3/c17-14-5-6-15(13(7-14)8-18)11-1-3-12(4-2-11)16-9-19-10-20-16/h1-7,9-10H,(H,19,20). The zero-order valence-electron chi connectivity index (χ0n) is 10.5. The number of nitriles is 1. The average molecular weight is 280 g/mol. The molecule has 0 amide bonds. The summed E-state index contributed by atoms with van der Waals surface area (Å²) in [4.78, 5) is 7.06. The molecule has 3 rings (SSSR count). The van der Waals surface area contributed by atoms with Gasteiger partial charge in [-0.3, -0.25) is 0 Å². The third-order valence-electron chi connectivity index (χ3n) is 3.11. The molecule has 0 saturated carbocycles. The van der Waals surface area contributed by atoms with Gasteiger partial charge in [-0.25, -0.2) is 4.98 Å². The van der Waals surface area contributed by atoms with Gasteiger partial charge in [-0.1, -0.05) is 41.9 Å². The van der Waals surface area contributed by atoms with Crippen LogP contribution in [0.25, 0.3) is 22.4 Å². The molecular formula is C16H10ClN3. The molecule has 0 unspecified atom stereocenters. The number of hydrogen-bond donors (Lipinski definition) is 1. The van der Waals surface area contributed by atoms with E-state index in [0.29, 0.717) is 10.6 Å². The maximum Gasteiger partial charge on any atom is 0.0998 e. The van der Waals surface area contributed by atoms with Gasteiger partial charge >= 0.3 is 0 Å². The van der Waals surface area contributed by atoms with Crippen molar-refractivity contribution in [1.82, 2.24) is 9.97 Å². The Labute approximate surface area is 121 Å². The highest BCUT2D eigenvalue weighted by Crippen LogP contribution is 2.28. The van der Waals surface area contributed by atoms with Gasteiger partial charge in [0.05, 0.1) is 29.9 Å². The quantitative estimate of drug-likeness (QED) is 0.761. The van der Waals surface area contributed by atoms with Crippen molar-refractivity contribution in [1.29, 1.82) is 5.26 Å². The first-order valence-corrected chi connectivity index (χ1v) is 6.44. The Morgan fingerprint density at radius 3 is 2.45 bits per heavy atom. The number of nitrogens with zero attached hydrogens (tertiary/aromatic N) is 2. The molecule has 3 aromatic rings. The van der Waals surface area contributed by atoms with Crippen molar-refractivity contribution in [3.8, 4) is 28.5 Å². The van der Waals surface area contributed by atoms with E-state index in [1.165, 1.54) is 0 Å². The summed E-state index contributed by atoms with van der Waals surface area (Å²) < 4.78 is 0. The van der Waals surface area contributed by atoms with E-state index >= 15 is 0 Å². The molecule has 0 spiro atoms. The summed E-state index contributed by atoms with van der Waals surface area (Å²) in [6.07, 6.45) is 3.42. The summed E-state index contributed by atoms with van der Waals surface area (Å²) in [6, 6.07) is 15.5. The van der Waals surface area contributed by atoms with Crippen LogP contribution in [0.5, 0.6) is 0 Å². The topological polar surface area (TPSA) is 52.5 Å². The number of imidazole rings is 1. The molecule has 0 atom stereocenters. The number of hydrogen-bond acceptors (Lipinski definition) is 2. The molecule has 0 saturated heterocycles. The lowest BCUT2D eigenvalue weighted by molar-refractivity contribution is 1.31. The Hall–Kier alpha value is -2.57. The van der Waals surface area contributed by atoms with E-state index in [0.717, 1.165) is 22.4 Å². The van der Waals surface area contributed by atoms with Gasteiger partial charge in [0.15, 0.2) is 0 Å². The van der Waals surface area contributed by atoms with Gasteiger partial charge in [-0.2, -0.15) is 5.26 Å². The molecule has 1 N–H and O–H groups in total. The van der Waals surface area contributed by atoms with Gasteiger partial charge in [-0.15, -0.1) is 0 Å². The summed E-state index contributed by atoms with van der Waals surface area (Å²) in [5, 5.41) is 9.76. The van der Waals surface area contributed by atoms with Crippen LogP contribution in [0.15, 0.2) is 55.0 Å². The number of nitrogens with one attached hydrogen (secondary N) is 1. The minimum atomic E-state index is 0.569. The fourth-order valence-electron chi connectivity index (χ4n) is 2.10. The Bertz CT molecular complexity index is 768. The summed E-state index contributed by atoms with van der Waals surface area (Å²) in [7, 11) is 0. The third-order valence-corrected chi connectivity index (χ3v) is 3.34. The lowest BCUT2D eigenvalue weighted by Gasteiger charge is -2.06. The van der Waals surface area contributed by atoms with Crippen LogP contribution in [-0.4, -0.2) is 9.97 Å². The van der Waals surface area contributed by atoms with E-state index in [-0.39, 0.29) is 0 Å². The average Bonchev–Trinajstić information content (AvgIpc) is 3.01. The van der Waals surface area contributed by atoms with Crippen LogP contribution in [0, 0.1) is 11.3 Å². The van der Waals surface area contributed by atoms with Crippen LogP contribution < -0.4 is 0 Å². The summed E-state index contributed by atoms with van der Waals surface area (Å²) in [5.74, 6) is 0. The highest BCUT2D eigenvalue weighted by Gasteiger charge is 2.06. The first kappa shape index (κ1) is 12.5. The molecule has 0 radical (unpaired) electrons. The second kappa shape index (κ2) is 5.20. The minimum absolute atomic E-state index is 0.569. The maximum absolute atomic E-state index is 9.19. The second-order valence-electron chi connectivity index (χ2n) is 4.34. The molecule has 0 aliphatic heterocycles. The first-order valence-electron chi connectivity index (χ1n) is 6.07. The summed E-state index contributed by atoms with van der Waals surface area (Å²) in [6.45, 7) is 0. The molecule has 1 heterocycles. The molecule has 2 aromatic carbocycles. The van der Waals surface area contributed by atoms with Gasteiger partial charge in [0.2, 0.25) is 0 Å². The Morgan fingerprint density at radius 2 is 1.80 bits per heavy atom. The van der Waals surface area contributed by atoms with E-state index in [1.807, 2.05) is 30.3 Å². The lowest BCUT2D eigenvalue weighted by atomic mass is 9.99. The number of benzene rings is 2. The van der Waals surface area contributed by atoms with E-state index in [9.17, 15) is 5.26 Å². The zero-order chi connectivity index (χ0) is 13.9. The van der Waals surface area contributed by atoms with Gasteiger partial charge in [-0.05, 0) is 28.8 Å².